The van der Waals surface area contributed by atoms with Gasteiger partial charge in [-0.3, -0.25) is 0 Å². The van der Waals surface area contributed by atoms with Gasteiger partial charge in [-0.15, -0.1) is 0 Å². The topological polar surface area (TPSA) is 75.4 Å². The molecule has 0 aliphatic rings. The second-order valence-corrected chi connectivity index (χ2v) is 4.75. The molecule has 3 N–H and O–H groups in total. The van der Waals surface area contributed by atoms with Crippen LogP contribution in [0.4, 0.5) is 0 Å². The lowest BCUT2D eigenvalue weighted by atomic mass is 10.5. The van der Waals surface area contributed by atoms with Crippen LogP contribution in [-0.4, -0.2) is 52.3 Å². The van der Waals surface area contributed by atoms with Crippen molar-refractivity contribution in [2.45, 2.75) is 6.92 Å². The predicted octanol–water partition coefficient (Wildman–Crippen LogP) is -1.18. The van der Waals surface area contributed by atoms with Crippen LogP contribution in [0.1, 0.15) is 6.92 Å². The quantitative estimate of drug-likeness (QED) is 0.517. The second-order valence-electron chi connectivity index (χ2n) is 3.01. The molecule has 0 bridgehead atoms. The Bertz CT molecular complexity index is 216. The van der Waals surface area contributed by atoms with Crippen molar-refractivity contribution < 1.29 is 8.42 Å². The van der Waals surface area contributed by atoms with E-state index in [4.69, 9.17) is 5.14 Å². The third-order valence-electron chi connectivity index (χ3n) is 1.77. The van der Waals surface area contributed by atoms with Crippen LogP contribution in [0.5, 0.6) is 0 Å². The summed E-state index contributed by atoms with van der Waals surface area (Å²) in [6.07, 6.45) is 0. The first-order valence-corrected chi connectivity index (χ1v) is 6.07. The Morgan fingerprint density at radius 1 is 1.38 bits per heavy atom. The van der Waals surface area contributed by atoms with Crippen molar-refractivity contribution >= 4 is 10.0 Å². The Hall–Kier alpha value is -0.170. The predicted molar refractivity (Wildman–Crippen MR) is 54.0 cm³/mol. The van der Waals surface area contributed by atoms with E-state index in [1.54, 1.807) is 0 Å². The minimum absolute atomic E-state index is 0.00282. The first kappa shape index (κ1) is 12.8. The molecule has 0 saturated carbocycles. The van der Waals surface area contributed by atoms with E-state index in [1.165, 1.54) is 0 Å². The van der Waals surface area contributed by atoms with E-state index in [0.29, 0.717) is 6.54 Å². The first-order valence-electron chi connectivity index (χ1n) is 4.35. The molecular weight excluding hydrogens is 190 g/mol. The molecule has 0 radical (unpaired) electrons. The van der Waals surface area contributed by atoms with Crippen molar-refractivity contribution in [3.63, 3.8) is 0 Å². The number of likely N-dealkylation sites (N-methyl/N-ethyl adjacent to an activating group) is 1. The number of hydrogen-bond acceptors (Lipinski definition) is 4. The highest BCUT2D eigenvalue weighted by molar-refractivity contribution is 7.89. The van der Waals surface area contributed by atoms with Gasteiger partial charge in [0.1, 0.15) is 0 Å². The molecule has 0 fully saturated rings. The largest absolute Gasteiger partial charge is 0.314 e. The lowest BCUT2D eigenvalue weighted by Crippen LogP contribution is -2.33. The molecule has 0 aromatic carbocycles. The van der Waals surface area contributed by atoms with Crippen molar-refractivity contribution in [2.24, 2.45) is 5.14 Å². The van der Waals surface area contributed by atoms with E-state index in [0.717, 1.165) is 19.6 Å². The van der Waals surface area contributed by atoms with Gasteiger partial charge in [-0.25, -0.2) is 13.6 Å². The Balaban J connectivity index is 3.27. The third-order valence-corrected chi connectivity index (χ3v) is 2.55. The van der Waals surface area contributed by atoms with Gasteiger partial charge in [-0.05, 0) is 13.6 Å². The molecule has 80 valence electrons. The zero-order chi connectivity index (χ0) is 10.3. The van der Waals surface area contributed by atoms with Gasteiger partial charge in [0.2, 0.25) is 10.0 Å². The SMILES string of the molecule is CCN(C)CCNCCS(N)(=O)=O. The van der Waals surface area contributed by atoms with Crippen LogP contribution in [0.2, 0.25) is 0 Å². The van der Waals surface area contributed by atoms with Crippen LogP contribution in [0.3, 0.4) is 0 Å². The number of nitrogens with two attached hydrogens (primary N) is 1. The summed E-state index contributed by atoms with van der Waals surface area (Å²) in [6.45, 7) is 5.21. The summed E-state index contributed by atoms with van der Waals surface area (Å²) >= 11 is 0. The van der Waals surface area contributed by atoms with E-state index < -0.39 is 10.0 Å². The monoisotopic (exact) mass is 209 g/mol. The molecule has 0 unspecified atom stereocenters. The number of sulfonamides is 1. The summed E-state index contributed by atoms with van der Waals surface area (Å²) in [7, 11) is -1.29. The normalized spacial score (nSPS) is 12.3. The summed E-state index contributed by atoms with van der Waals surface area (Å²) in [4.78, 5) is 2.14. The lowest BCUT2D eigenvalue weighted by molar-refractivity contribution is 0.351. The first-order chi connectivity index (χ1) is 5.95. The van der Waals surface area contributed by atoms with Crippen LogP contribution in [0.15, 0.2) is 0 Å². The van der Waals surface area contributed by atoms with Crippen LogP contribution >= 0.6 is 0 Å². The fraction of sp³-hybridized carbons (Fsp3) is 1.00. The summed E-state index contributed by atoms with van der Waals surface area (Å²) in [6, 6.07) is 0. The zero-order valence-electron chi connectivity index (χ0n) is 8.28. The molecule has 0 saturated heterocycles. The lowest BCUT2D eigenvalue weighted by Gasteiger charge is -2.13. The number of nitrogens with zero attached hydrogens (tertiary/aromatic N) is 1. The van der Waals surface area contributed by atoms with Gasteiger partial charge in [0, 0.05) is 19.6 Å². The van der Waals surface area contributed by atoms with E-state index in [-0.39, 0.29) is 5.75 Å². The van der Waals surface area contributed by atoms with Crippen molar-refractivity contribution in [3.8, 4) is 0 Å². The molecule has 0 aliphatic heterocycles. The van der Waals surface area contributed by atoms with Gasteiger partial charge in [0.15, 0.2) is 0 Å². The van der Waals surface area contributed by atoms with E-state index in [1.807, 2.05) is 7.05 Å². The van der Waals surface area contributed by atoms with E-state index >= 15 is 0 Å². The maximum atomic E-state index is 10.5. The summed E-state index contributed by atoms with van der Waals surface area (Å²) in [5.41, 5.74) is 0. The fourth-order valence-corrected chi connectivity index (χ4v) is 1.20. The molecule has 0 rings (SSSR count). The molecular formula is C7H19N3O2S. The van der Waals surface area contributed by atoms with Crippen LogP contribution in [0, 0.1) is 0 Å². The molecule has 0 aliphatic carbocycles. The van der Waals surface area contributed by atoms with Crippen molar-refractivity contribution in [1.29, 1.82) is 0 Å². The van der Waals surface area contributed by atoms with Gasteiger partial charge >= 0.3 is 0 Å². The summed E-state index contributed by atoms with van der Waals surface area (Å²) in [5, 5.41) is 7.83. The van der Waals surface area contributed by atoms with E-state index in [2.05, 4.69) is 17.1 Å². The second kappa shape index (κ2) is 6.31. The fourth-order valence-electron chi connectivity index (χ4n) is 0.767. The van der Waals surface area contributed by atoms with Gasteiger partial charge in [-0.2, -0.15) is 0 Å². The molecule has 5 nitrogen and oxygen atoms in total. The maximum Gasteiger partial charge on any atom is 0.210 e. The molecule has 0 amide bonds. The Labute approximate surface area is 80.3 Å². The minimum Gasteiger partial charge on any atom is -0.314 e. The standard InChI is InChI=1S/C7H19N3O2S/c1-3-10(2)6-4-9-5-7-13(8,11)12/h9H,3-7H2,1-2H3,(H2,8,11,12). The highest BCUT2D eigenvalue weighted by Crippen LogP contribution is 1.78. The number of primary sulfonamides is 1. The maximum absolute atomic E-state index is 10.5. The molecule has 0 heterocycles. The molecule has 0 aromatic rings. The third kappa shape index (κ3) is 9.75. The van der Waals surface area contributed by atoms with Crippen molar-refractivity contribution in [2.75, 3.05) is 39.0 Å². The number of nitrogens with one attached hydrogen (secondary N) is 1. The number of hydrogen-bond donors (Lipinski definition) is 2. The van der Waals surface area contributed by atoms with Crippen LogP contribution < -0.4 is 10.5 Å². The Morgan fingerprint density at radius 3 is 2.46 bits per heavy atom. The molecule has 0 atom stereocenters. The summed E-state index contributed by atoms with van der Waals surface area (Å²) < 4.78 is 21.0. The van der Waals surface area contributed by atoms with Gasteiger partial charge in [0.25, 0.3) is 0 Å². The average molecular weight is 209 g/mol. The average Bonchev–Trinajstić information content (AvgIpc) is 2.01. The Kier molecular flexibility index (Phi) is 6.23. The van der Waals surface area contributed by atoms with Crippen LogP contribution in [0.25, 0.3) is 0 Å². The van der Waals surface area contributed by atoms with Gasteiger partial charge in [-0.1, -0.05) is 6.92 Å². The summed E-state index contributed by atoms with van der Waals surface area (Å²) in [5.74, 6) is 0.00282. The van der Waals surface area contributed by atoms with Crippen molar-refractivity contribution in [1.82, 2.24) is 10.2 Å². The minimum atomic E-state index is -3.31. The molecule has 13 heavy (non-hydrogen) atoms. The van der Waals surface area contributed by atoms with Gasteiger partial charge < -0.3 is 10.2 Å². The highest BCUT2D eigenvalue weighted by Gasteiger charge is 2.00. The molecule has 0 spiro atoms. The highest BCUT2D eigenvalue weighted by atomic mass is 32.2. The number of rotatable bonds is 7. The Morgan fingerprint density at radius 2 is 2.00 bits per heavy atom. The van der Waals surface area contributed by atoms with Crippen molar-refractivity contribution in [3.05, 3.63) is 0 Å². The van der Waals surface area contributed by atoms with Gasteiger partial charge in [0.05, 0.1) is 5.75 Å². The van der Waals surface area contributed by atoms with E-state index in [9.17, 15) is 8.42 Å². The zero-order valence-corrected chi connectivity index (χ0v) is 9.10. The smallest absolute Gasteiger partial charge is 0.210 e. The molecule has 0 aromatic heterocycles. The van der Waals surface area contributed by atoms with Crippen LogP contribution in [-0.2, 0) is 10.0 Å². The molecule has 6 heteroatoms.